The molecule has 1 saturated heterocycles. The molecule has 0 aromatic carbocycles. The first kappa shape index (κ1) is 14.4. The molecule has 7 nitrogen and oxygen atoms in total. The monoisotopic (exact) mass is 260 g/mol. The Kier molecular flexibility index (Phi) is 5.08. The van der Waals surface area contributed by atoms with Crippen molar-refractivity contribution in [2.24, 2.45) is 0 Å². The highest BCUT2D eigenvalue weighted by molar-refractivity contribution is 5.67. The molecule has 1 aliphatic rings. The predicted molar refractivity (Wildman–Crippen MR) is 57.2 cm³/mol. The molecular weight excluding hydrogens is 244 g/mol. The third-order valence-electron chi connectivity index (χ3n) is 2.20. The third-order valence-corrected chi connectivity index (χ3v) is 2.20. The molecule has 18 heavy (non-hydrogen) atoms. The second kappa shape index (κ2) is 6.34. The zero-order valence-electron chi connectivity index (χ0n) is 10.5. The molecule has 0 amide bonds. The number of hydrogen-bond acceptors (Lipinski definition) is 7. The van der Waals surface area contributed by atoms with Crippen molar-refractivity contribution in [3.63, 3.8) is 0 Å². The van der Waals surface area contributed by atoms with E-state index in [1.807, 2.05) is 0 Å². The van der Waals surface area contributed by atoms with Crippen molar-refractivity contribution in [1.29, 1.82) is 0 Å². The lowest BCUT2D eigenvalue weighted by Gasteiger charge is -2.17. The maximum absolute atomic E-state index is 10.9. The third kappa shape index (κ3) is 4.70. The summed E-state index contributed by atoms with van der Waals surface area (Å²) in [6.07, 6.45) is -1.77. The first-order valence-corrected chi connectivity index (χ1v) is 5.51. The van der Waals surface area contributed by atoms with Gasteiger partial charge in [0.05, 0.1) is 6.10 Å². The number of rotatable bonds is 4. The lowest BCUT2D eigenvalue weighted by molar-refractivity contribution is -0.196. The smallest absolute Gasteiger partial charge is 0.305 e. The summed E-state index contributed by atoms with van der Waals surface area (Å²) in [4.78, 5) is 32.4. The number of hydrogen-bond donors (Lipinski definition) is 0. The molecule has 0 spiro atoms. The van der Waals surface area contributed by atoms with Gasteiger partial charge in [-0.05, 0) is 0 Å². The fourth-order valence-corrected chi connectivity index (χ4v) is 1.60. The summed E-state index contributed by atoms with van der Waals surface area (Å²) < 4.78 is 20.0. The van der Waals surface area contributed by atoms with Crippen LogP contribution < -0.4 is 0 Å². The normalized spacial score (nSPS) is 26.5. The zero-order valence-corrected chi connectivity index (χ0v) is 10.5. The molecule has 0 aromatic rings. The van der Waals surface area contributed by atoms with Gasteiger partial charge in [0.15, 0.2) is 6.10 Å². The van der Waals surface area contributed by atoms with Crippen LogP contribution in [0.4, 0.5) is 0 Å². The highest BCUT2D eigenvalue weighted by Crippen LogP contribution is 2.24. The minimum atomic E-state index is -0.952. The molecule has 0 bridgehead atoms. The van der Waals surface area contributed by atoms with Gasteiger partial charge in [-0.15, -0.1) is 0 Å². The molecule has 0 saturated carbocycles. The molecule has 0 radical (unpaired) electrons. The van der Waals surface area contributed by atoms with Crippen LogP contribution in [0.3, 0.4) is 0 Å². The largest absolute Gasteiger partial charge is 0.463 e. The van der Waals surface area contributed by atoms with Crippen molar-refractivity contribution >= 4 is 17.9 Å². The van der Waals surface area contributed by atoms with Crippen LogP contribution in [0.1, 0.15) is 27.2 Å². The summed E-state index contributed by atoms with van der Waals surface area (Å²) in [5.41, 5.74) is 0. The van der Waals surface area contributed by atoms with E-state index in [1.165, 1.54) is 20.8 Å². The van der Waals surface area contributed by atoms with Crippen molar-refractivity contribution in [3.05, 3.63) is 0 Å². The molecule has 0 N–H and O–H groups in total. The van der Waals surface area contributed by atoms with Crippen LogP contribution in [0, 0.1) is 0 Å². The Morgan fingerprint density at radius 1 is 1.06 bits per heavy atom. The second-order valence-electron chi connectivity index (χ2n) is 3.92. The van der Waals surface area contributed by atoms with Gasteiger partial charge in [-0.2, -0.15) is 0 Å². The quantitative estimate of drug-likeness (QED) is 0.525. The molecule has 7 heteroatoms. The van der Waals surface area contributed by atoms with Crippen LogP contribution in [-0.4, -0.2) is 43.0 Å². The van der Waals surface area contributed by atoms with Crippen LogP contribution in [0.25, 0.3) is 0 Å². The van der Waals surface area contributed by atoms with Crippen molar-refractivity contribution < 1.29 is 33.3 Å². The first-order chi connectivity index (χ1) is 8.38. The minimum Gasteiger partial charge on any atom is -0.463 e. The van der Waals surface area contributed by atoms with Gasteiger partial charge < -0.3 is 18.9 Å². The Bertz CT molecular complexity index is 314. The van der Waals surface area contributed by atoms with Gasteiger partial charge in [0, 0.05) is 27.2 Å². The number of esters is 3. The van der Waals surface area contributed by atoms with E-state index in [4.69, 9.17) is 18.9 Å². The molecular formula is C11H16O7. The van der Waals surface area contributed by atoms with Gasteiger partial charge >= 0.3 is 17.9 Å². The minimum absolute atomic E-state index is 0.0326. The molecule has 1 fully saturated rings. The number of carbonyl (C=O) groups is 3. The fraction of sp³-hybridized carbons (Fsp3) is 0.727. The molecule has 1 heterocycles. The summed E-state index contributed by atoms with van der Waals surface area (Å²) in [6.45, 7) is 3.80. The van der Waals surface area contributed by atoms with Gasteiger partial charge in [-0.1, -0.05) is 0 Å². The van der Waals surface area contributed by atoms with Gasteiger partial charge in [0.1, 0.15) is 6.61 Å². The topological polar surface area (TPSA) is 88.1 Å². The Morgan fingerprint density at radius 3 is 2.17 bits per heavy atom. The van der Waals surface area contributed by atoms with E-state index in [-0.39, 0.29) is 6.61 Å². The summed E-state index contributed by atoms with van der Waals surface area (Å²) in [5, 5.41) is 0. The molecule has 102 valence electrons. The molecule has 1 rings (SSSR count). The highest BCUT2D eigenvalue weighted by atomic mass is 16.7. The van der Waals surface area contributed by atoms with Gasteiger partial charge in [0.2, 0.25) is 6.29 Å². The lowest BCUT2D eigenvalue weighted by atomic mass is 10.2. The SMILES string of the molecule is CC(=O)OC[C@H]1C[C@@H](OC(C)=O)C(OC(C)=O)O1. The van der Waals surface area contributed by atoms with E-state index in [1.54, 1.807) is 0 Å². The standard InChI is InChI=1S/C11H16O7/c1-6(12)15-5-9-4-10(16-7(2)13)11(18-9)17-8(3)14/h9-11H,4-5H2,1-3H3/t9-,10-,11?/m1/s1. The van der Waals surface area contributed by atoms with E-state index in [0.717, 1.165) is 0 Å². The van der Waals surface area contributed by atoms with Gasteiger partial charge in [-0.3, -0.25) is 14.4 Å². The Hall–Kier alpha value is -1.63. The Morgan fingerprint density at radius 2 is 1.67 bits per heavy atom. The maximum atomic E-state index is 10.9. The fourth-order valence-electron chi connectivity index (χ4n) is 1.60. The zero-order chi connectivity index (χ0) is 13.7. The summed E-state index contributed by atoms with van der Waals surface area (Å²) in [5.74, 6) is -1.46. The highest BCUT2D eigenvalue weighted by Gasteiger charge is 2.40. The van der Waals surface area contributed by atoms with Crippen molar-refractivity contribution in [2.75, 3.05) is 6.61 Å². The molecule has 3 atom stereocenters. The van der Waals surface area contributed by atoms with Crippen molar-refractivity contribution in [1.82, 2.24) is 0 Å². The summed E-state index contributed by atoms with van der Waals surface area (Å²) in [7, 11) is 0. The van der Waals surface area contributed by atoms with Crippen LogP contribution in [0.2, 0.25) is 0 Å². The second-order valence-corrected chi connectivity index (χ2v) is 3.92. The van der Waals surface area contributed by atoms with Gasteiger partial charge in [0.25, 0.3) is 0 Å². The van der Waals surface area contributed by atoms with Crippen LogP contribution >= 0.6 is 0 Å². The number of ether oxygens (including phenoxy) is 4. The Labute approximate surface area is 104 Å². The van der Waals surface area contributed by atoms with Crippen LogP contribution in [0.15, 0.2) is 0 Å². The lowest BCUT2D eigenvalue weighted by Crippen LogP contribution is -2.30. The summed E-state index contributed by atoms with van der Waals surface area (Å²) >= 11 is 0. The van der Waals surface area contributed by atoms with Crippen LogP contribution in [-0.2, 0) is 33.3 Å². The van der Waals surface area contributed by atoms with Crippen LogP contribution in [0.5, 0.6) is 0 Å². The Balaban J connectivity index is 2.54. The van der Waals surface area contributed by atoms with Gasteiger partial charge in [-0.25, -0.2) is 0 Å². The molecule has 1 aliphatic heterocycles. The molecule has 0 aromatic heterocycles. The van der Waals surface area contributed by atoms with Crippen molar-refractivity contribution in [2.45, 2.75) is 45.7 Å². The first-order valence-electron chi connectivity index (χ1n) is 5.51. The molecule has 1 unspecified atom stereocenters. The van der Waals surface area contributed by atoms with E-state index >= 15 is 0 Å². The van der Waals surface area contributed by atoms with E-state index in [2.05, 4.69) is 0 Å². The van der Waals surface area contributed by atoms with Crippen molar-refractivity contribution in [3.8, 4) is 0 Å². The summed E-state index contributed by atoms with van der Waals surface area (Å²) in [6, 6.07) is 0. The predicted octanol–water partition coefficient (Wildman–Crippen LogP) is 0.159. The number of carbonyl (C=O) groups excluding carboxylic acids is 3. The maximum Gasteiger partial charge on any atom is 0.305 e. The van der Waals surface area contributed by atoms with E-state index in [9.17, 15) is 14.4 Å². The molecule has 0 aliphatic carbocycles. The van der Waals surface area contributed by atoms with E-state index < -0.39 is 36.4 Å². The average molecular weight is 260 g/mol. The average Bonchev–Trinajstić information content (AvgIpc) is 2.56. The van der Waals surface area contributed by atoms with E-state index in [0.29, 0.717) is 6.42 Å².